The van der Waals surface area contributed by atoms with Gasteiger partial charge in [0, 0.05) is 23.9 Å². The standard InChI is InChI=1S/C27H35N5O3S/c1-15(10-11-36-7)34-24-19-13-29-22(12-18(19)20(14-30-24)26(3,4)28)31-21-9-8-17-23(32-21)16(2)27(5,6)35-25(17)33/h8-9,12-16H,10-11,28H2,1-7H3,(H,29,31,32). The number of cyclic esters (lactones) is 1. The SMILES string of the molecule is CSCCC(C)Oc1ncc(C(C)(C)N)c2cc(Nc3ccc4c(n3)C(C)C(C)(C)OC4=O)ncc12. The smallest absolute Gasteiger partial charge is 0.340 e. The number of nitrogens with one attached hydrogen (secondary N) is 1. The molecule has 3 aromatic heterocycles. The van der Waals surface area contributed by atoms with Crippen LogP contribution in [0.5, 0.6) is 5.88 Å². The minimum Gasteiger partial charge on any atom is -0.474 e. The second kappa shape index (κ2) is 9.86. The number of carbonyl (C=O) groups excluding carboxylic acids is 1. The predicted octanol–water partition coefficient (Wildman–Crippen LogP) is 5.54. The van der Waals surface area contributed by atoms with Crippen LogP contribution in [-0.4, -0.2) is 44.6 Å². The quantitative estimate of drug-likeness (QED) is 0.378. The molecule has 0 saturated carbocycles. The Morgan fingerprint density at radius 3 is 2.67 bits per heavy atom. The van der Waals surface area contributed by atoms with Crippen LogP contribution in [0.3, 0.4) is 0 Å². The van der Waals surface area contributed by atoms with E-state index in [0.29, 0.717) is 28.8 Å². The molecule has 0 saturated heterocycles. The van der Waals surface area contributed by atoms with Gasteiger partial charge in [0.15, 0.2) is 0 Å². The van der Waals surface area contributed by atoms with Crippen molar-refractivity contribution >= 4 is 40.1 Å². The van der Waals surface area contributed by atoms with Gasteiger partial charge in [-0.1, -0.05) is 6.92 Å². The summed E-state index contributed by atoms with van der Waals surface area (Å²) in [6.45, 7) is 11.8. The Morgan fingerprint density at radius 1 is 1.22 bits per heavy atom. The number of hydrogen-bond acceptors (Lipinski definition) is 9. The molecule has 1 aliphatic heterocycles. The van der Waals surface area contributed by atoms with Crippen LogP contribution >= 0.6 is 11.8 Å². The number of pyridine rings is 3. The van der Waals surface area contributed by atoms with Crippen LogP contribution in [0, 0.1) is 0 Å². The van der Waals surface area contributed by atoms with E-state index in [1.54, 1.807) is 36.3 Å². The zero-order chi connectivity index (χ0) is 26.3. The molecule has 4 heterocycles. The Hall–Kier alpha value is -2.91. The molecule has 2 unspecified atom stereocenters. The molecule has 0 bridgehead atoms. The highest BCUT2D eigenvalue weighted by Gasteiger charge is 2.40. The highest BCUT2D eigenvalue weighted by Crippen LogP contribution is 2.38. The van der Waals surface area contributed by atoms with Crippen LogP contribution < -0.4 is 15.8 Å². The summed E-state index contributed by atoms with van der Waals surface area (Å²) in [5, 5.41) is 5.02. The van der Waals surface area contributed by atoms with Crippen LogP contribution in [0.15, 0.2) is 30.6 Å². The molecule has 0 spiro atoms. The zero-order valence-electron chi connectivity index (χ0n) is 22.0. The summed E-state index contributed by atoms with van der Waals surface area (Å²) in [7, 11) is 0. The summed E-state index contributed by atoms with van der Waals surface area (Å²) in [6, 6.07) is 5.46. The second-order valence-electron chi connectivity index (χ2n) is 10.5. The first kappa shape index (κ1) is 26.2. The van der Waals surface area contributed by atoms with Crippen molar-refractivity contribution in [3.8, 4) is 5.88 Å². The number of anilines is 2. The van der Waals surface area contributed by atoms with Crippen molar-refractivity contribution in [2.45, 2.75) is 71.1 Å². The van der Waals surface area contributed by atoms with Crippen molar-refractivity contribution in [3.63, 3.8) is 0 Å². The lowest BCUT2D eigenvalue weighted by Gasteiger charge is -2.36. The first-order valence-electron chi connectivity index (χ1n) is 12.2. The average molecular weight is 510 g/mol. The van der Waals surface area contributed by atoms with Gasteiger partial charge < -0.3 is 20.5 Å². The number of aromatic nitrogens is 3. The second-order valence-corrected chi connectivity index (χ2v) is 11.5. The number of thioether (sulfide) groups is 1. The van der Waals surface area contributed by atoms with Crippen LogP contribution in [0.2, 0.25) is 0 Å². The van der Waals surface area contributed by atoms with Crippen molar-refractivity contribution in [2.24, 2.45) is 5.73 Å². The summed E-state index contributed by atoms with van der Waals surface area (Å²) in [6.07, 6.45) is 6.59. The maximum atomic E-state index is 12.4. The van der Waals surface area contributed by atoms with Gasteiger partial charge in [-0.05, 0) is 82.2 Å². The highest BCUT2D eigenvalue weighted by atomic mass is 32.2. The molecule has 0 aromatic carbocycles. The fourth-order valence-corrected chi connectivity index (χ4v) is 4.78. The number of esters is 1. The molecule has 9 heteroatoms. The number of carbonyl (C=O) groups is 1. The van der Waals surface area contributed by atoms with E-state index in [9.17, 15) is 4.79 Å². The van der Waals surface area contributed by atoms with E-state index in [1.807, 2.05) is 47.6 Å². The molecular formula is C27H35N5O3S. The van der Waals surface area contributed by atoms with Gasteiger partial charge in [-0.25, -0.2) is 19.7 Å². The lowest BCUT2D eigenvalue weighted by Crippen LogP contribution is -2.39. The zero-order valence-corrected chi connectivity index (χ0v) is 22.8. The highest BCUT2D eigenvalue weighted by molar-refractivity contribution is 7.98. The van der Waals surface area contributed by atoms with E-state index in [2.05, 4.69) is 21.5 Å². The fraction of sp³-hybridized carbons (Fsp3) is 0.481. The van der Waals surface area contributed by atoms with E-state index >= 15 is 0 Å². The molecular weight excluding hydrogens is 474 g/mol. The number of ether oxygens (including phenoxy) is 2. The van der Waals surface area contributed by atoms with E-state index < -0.39 is 11.1 Å². The fourth-order valence-electron chi connectivity index (χ4n) is 4.21. The van der Waals surface area contributed by atoms with Crippen molar-refractivity contribution in [1.29, 1.82) is 0 Å². The van der Waals surface area contributed by atoms with Gasteiger partial charge in [0.1, 0.15) is 17.2 Å². The third kappa shape index (κ3) is 5.27. The first-order valence-corrected chi connectivity index (χ1v) is 13.5. The van der Waals surface area contributed by atoms with E-state index in [-0.39, 0.29) is 18.0 Å². The molecule has 0 aliphatic carbocycles. The van der Waals surface area contributed by atoms with Gasteiger partial charge >= 0.3 is 5.97 Å². The van der Waals surface area contributed by atoms with Crippen molar-refractivity contribution in [2.75, 3.05) is 17.3 Å². The molecule has 192 valence electrons. The lowest BCUT2D eigenvalue weighted by molar-refractivity contribution is -0.0189. The van der Waals surface area contributed by atoms with Gasteiger partial charge in [0.25, 0.3) is 0 Å². The Bertz CT molecular complexity index is 1290. The van der Waals surface area contributed by atoms with Crippen molar-refractivity contribution in [3.05, 3.63) is 47.4 Å². The van der Waals surface area contributed by atoms with Gasteiger partial charge in [0.2, 0.25) is 5.88 Å². The van der Waals surface area contributed by atoms with Crippen LogP contribution in [0.1, 0.15) is 75.5 Å². The van der Waals surface area contributed by atoms with E-state index in [1.165, 1.54) is 0 Å². The summed E-state index contributed by atoms with van der Waals surface area (Å²) >= 11 is 1.79. The van der Waals surface area contributed by atoms with Gasteiger partial charge in [-0.15, -0.1) is 0 Å². The Balaban J connectivity index is 1.71. The van der Waals surface area contributed by atoms with E-state index in [0.717, 1.165) is 28.5 Å². The minimum atomic E-state index is -0.630. The average Bonchev–Trinajstić information content (AvgIpc) is 2.80. The Labute approximate surface area is 216 Å². The molecule has 3 N–H and O–H groups in total. The third-order valence-electron chi connectivity index (χ3n) is 6.68. The van der Waals surface area contributed by atoms with Crippen molar-refractivity contribution in [1.82, 2.24) is 15.0 Å². The molecule has 0 radical (unpaired) electrons. The summed E-state index contributed by atoms with van der Waals surface area (Å²) < 4.78 is 11.8. The molecule has 0 amide bonds. The summed E-state index contributed by atoms with van der Waals surface area (Å²) in [5.41, 5.74) is 7.35. The minimum absolute atomic E-state index is 0.0281. The van der Waals surface area contributed by atoms with Crippen LogP contribution in [0.4, 0.5) is 11.6 Å². The largest absolute Gasteiger partial charge is 0.474 e. The van der Waals surface area contributed by atoms with Gasteiger partial charge in [-0.3, -0.25) is 0 Å². The van der Waals surface area contributed by atoms with Crippen molar-refractivity contribution < 1.29 is 14.3 Å². The molecule has 36 heavy (non-hydrogen) atoms. The maximum absolute atomic E-state index is 12.4. The maximum Gasteiger partial charge on any atom is 0.340 e. The topological polar surface area (TPSA) is 112 Å². The monoisotopic (exact) mass is 509 g/mol. The van der Waals surface area contributed by atoms with Crippen LogP contribution in [-0.2, 0) is 10.3 Å². The Kier molecular flexibility index (Phi) is 7.16. The first-order chi connectivity index (χ1) is 16.9. The summed E-state index contributed by atoms with van der Waals surface area (Å²) in [5.74, 6) is 2.37. The van der Waals surface area contributed by atoms with E-state index in [4.69, 9.17) is 20.2 Å². The number of hydrogen-bond donors (Lipinski definition) is 2. The van der Waals surface area contributed by atoms with Gasteiger partial charge in [0.05, 0.1) is 22.7 Å². The Morgan fingerprint density at radius 2 is 1.97 bits per heavy atom. The number of rotatable bonds is 8. The normalized spacial score (nSPS) is 17.9. The molecule has 4 rings (SSSR count). The predicted molar refractivity (Wildman–Crippen MR) is 145 cm³/mol. The molecule has 0 fully saturated rings. The third-order valence-corrected chi connectivity index (χ3v) is 7.32. The number of nitrogens with two attached hydrogens (primary N) is 1. The molecule has 2 atom stereocenters. The lowest BCUT2D eigenvalue weighted by atomic mass is 9.84. The number of fused-ring (bicyclic) bond motifs is 2. The molecule has 1 aliphatic rings. The van der Waals surface area contributed by atoms with Gasteiger partial charge in [-0.2, -0.15) is 11.8 Å². The van der Waals surface area contributed by atoms with Crippen LogP contribution in [0.25, 0.3) is 10.8 Å². The number of nitrogens with zero attached hydrogens (tertiary/aromatic N) is 3. The summed E-state index contributed by atoms with van der Waals surface area (Å²) in [4.78, 5) is 26.4. The molecule has 8 nitrogen and oxygen atoms in total. The molecule has 3 aromatic rings.